The normalized spacial score (nSPS) is 11.8. The highest BCUT2D eigenvalue weighted by Crippen LogP contribution is 2.27. The lowest BCUT2D eigenvalue weighted by molar-refractivity contribution is -0.120. The summed E-state index contributed by atoms with van der Waals surface area (Å²) in [6.07, 6.45) is 5.11. The van der Waals surface area contributed by atoms with E-state index in [2.05, 4.69) is 21.4 Å². The van der Waals surface area contributed by atoms with E-state index < -0.39 is 0 Å². The second kappa shape index (κ2) is 6.59. The minimum atomic E-state index is -0.276. The van der Waals surface area contributed by atoms with Crippen LogP contribution in [0.2, 0.25) is 0 Å². The first-order valence-corrected chi connectivity index (χ1v) is 7.70. The highest BCUT2D eigenvalue weighted by Gasteiger charge is 2.19. The largest absolute Gasteiger partial charge is 0.344 e. The number of thiophene rings is 1. The number of nitrogens with zero attached hydrogens (tertiary/aromatic N) is 3. The predicted molar refractivity (Wildman–Crippen MR) is 81.5 cm³/mol. The molecule has 1 unspecified atom stereocenters. The Kier molecular flexibility index (Phi) is 4.82. The van der Waals surface area contributed by atoms with Crippen molar-refractivity contribution in [3.8, 4) is 23.0 Å². The first-order valence-electron chi connectivity index (χ1n) is 5.94. The molecule has 0 radical (unpaired) electrons. The van der Waals surface area contributed by atoms with Crippen LogP contribution in [0.5, 0.6) is 0 Å². The molecule has 1 amide bonds. The van der Waals surface area contributed by atoms with Gasteiger partial charge in [-0.3, -0.25) is 4.79 Å². The maximum atomic E-state index is 11.8. The quantitative estimate of drug-likeness (QED) is 0.675. The number of carbonyl (C=O) groups is 1. The van der Waals surface area contributed by atoms with Crippen LogP contribution in [-0.2, 0) is 11.8 Å². The number of hydrogen-bond acceptors (Lipinski definition) is 5. The van der Waals surface area contributed by atoms with Crippen molar-refractivity contribution < 1.29 is 4.79 Å². The van der Waals surface area contributed by atoms with Crippen molar-refractivity contribution in [2.75, 3.05) is 6.54 Å². The standard InChI is InChI=1S/C13H14N4OS2/c1-4-7-14-12(18)9(2)20-13-16-15-11(17(13)3)10-6-5-8-19-10/h1,5-6,8-9H,7H2,2-3H3,(H,14,18). The summed E-state index contributed by atoms with van der Waals surface area (Å²) in [4.78, 5) is 12.8. The van der Waals surface area contributed by atoms with Gasteiger partial charge >= 0.3 is 0 Å². The Morgan fingerprint density at radius 2 is 2.45 bits per heavy atom. The molecule has 0 spiro atoms. The zero-order valence-electron chi connectivity index (χ0n) is 11.2. The molecule has 1 N–H and O–H groups in total. The molecule has 2 aromatic rings. The fourth-order valence-corrected chi connectivity index (χ4v) is 3.11. The molecule has 7 heteroatoms. The van der Waals surface area contributed by atoms with Crippen LogP contribution in [0.1, 0.15) is 6.92 Å². The molecule has 0 bridgehead atoms. The van der Waals surface area contributed by atoms with Crippen molar-refractivity contribution >= 4 is 29.0 Å². The van der Waals surface area contributed by atoms with Crippen LogP contribution in [0.25, 0.3) is 10.7 Å². The summed E-state index contributed by atoms with van der Waals surface area (Å²) in [6, 6.07) is 3.96. The molecule has 0 fully saturated rings. The highest BCUT2D eigenvalue weighted by atomic mass is 32.2. The van der Waals surface area contributed by atoms with Crippen molar-refractivity contribution in [3.63, 3.8) is 0 Å². The maximum Gasteiger partial charge on any atom is 0.234 e. The van der Waals surface area contributed by atoms with Crippen LogP contribution in [0.15, 0.2) is 22.7 Å². The molecular formula is C13H14N4OS2. The van der Waals surface area contributed by atoms with Crippen LogP contribution in [0, 0.1) is 12.3 Å². The van der Waals surface area contributed by atoms with E-state index in [1.54, 1.807) is 11.3 Å². The Morgan fingerprint density at radius 1 is 1.65 bits per heavy atom. The minimum Gasteiger partial charge on any atom is -0.344 e. The number of carbonyl (C=O) groups excluding carboxylic acids is 1. The predicted octanol–water partition coefficient (Wildman–Crippen LogP) is 1.77. The summed E-state index contributed by atoms with van der Waals surface area (Å²) >= 11 is 2.97. The van der Waals surface area contributed by atoms with Gasteiger partial charge in [0.05, 0.1) is 16.7 Å². The molecule has 0 saturated carbocycles. The van der Waals surface area contributed by atoms with Crippen LogP contribution >= 0.6 is 23.1 Å². The number of aromatic nitrogens is 3. The van der Waals surface area contributed by atoms with Gasteiger partial charge < -0.3 is 9.88 Å². The number of terminal acetylenes is 1. The van der Waals surface area contributed by atoms with E-state index in [1.165, 1.54) is 11.8 Å². The Morgan fingerprint density at radius 3 is 3.10 bits per heavy atom. The smallest absolute Gasteiger partial charge is 0.234 e. The van der Waals surface area contributed by atoms with E-state index in [9.17, 15) is 4.79 Å². The van der Waals surface area contributed by atoms with Gasteiger partial charge in [-0.05, 0) is 18.4 Å². The highest BCUT2D eigenvalue weighted by molar-refractivity contribution is 8.00. The van der Waals surface area contributed by atoms with E-state index in [1.807, 2.05) is 36.1 Å². The summed E-state index contributed by atoms with van der Waals surface area (Å²) in [6.45, 7) is 2.05. The number of amides is 1. The SMILES string of the molecule is C#CCNC(=O)C(C)Sc1nnc(-c2cccs2)n1C. The molecule has 0 aliphatic rings. The van der Waals surface area contributed by atoms with Crippen molar-refractivity contribution in [2.45, 2.75) is 17.3 Å². The third-order valence-corrected chi connectivity index (χ3v) is 4.59. The van der Waals surface area contributed by atoms with Crippen molar-refractivity contribution in [2.24, 2.45) is 7.05 Å². The molecule has 20 heavy (non-hydrogen) atoms. The van der Waals surface area contributed by atoms with Crippen LogP contribution in [0.4, 0.5) is 0 Å². The summed E-state index contributed by atoms with van der Waals surface area (Å²) in [5, 5.41) is 13.4. The molecular weight excluding hydrogens is 292 g/mol. The van der Waals surface area contributed by atoms with Crippen LogP contribution in [-0.4, -0.2) is 32.5 Å². The molecule has 0 aliphatic carbocycles. The van der Waals surface area contributed by atoms with E-state index >= 15 is 0 Å². The Bertz CT molecular complexity index is 627. The third-order valence-electron chi connectivity index (χ3n) is 2.59. The van der Waals surface area contributed by atoms with Gasteiger partial charge in [0.2, 0.25) is 5.91 Å². The summed E-state index contributed by atoms with van der Waals surface area (Å²) < 4.78 is 1.89. The average Bonchev–Trinajstić information content (AvgIpc) is 3.07. The molecule has 1 atom stereocenters. The van der Waals surface area contributed by atoms with E-state index in [4.69, 9.17) is 6.42 Å². The Balaban J connectivity index is 2.08. The van der Waals surface area contributed by atoms with E-state index in [-0.39, 0.29) is 17.7 Å². The lowest BCUT2D eigenvalue weighted by Gasteiger charge is -2.09. The van der Waals surface area contributed by atoms with E-state index in [0.717, 1.165) is 10.7 Å². The molecule has 2 rings (SSSR count). The fourth-order valence-electron chi connectivity index (χ4n) is 1.53. The molecule has 0 saturated heterocycles. The molecule has 104 valence electrons. The second-order valence-electron chi connectivity index (χ2n) is 4.02. The zero-order valence-corrected chi connectivity index (χ0v) is 12.8. The minimum absolute atomic E-state index is 0.103. The first kappa shape index (κ1) is 14.6. The fraction of sp³-hybridized carbons (Fsp3) is 0.308. The van der Waals surface area contributed by atoms with Crippen LogP contribution in [0.3, 0.4) is 0 Å². The van der Waals surface area contributed by atoms with Gasteiger partial charge in [0.15, 0.2) is 11.0 Å². The van der Waals surface area contributed by atoms with Gasteiger partial charge in [-0.15, -0.1) is 28.0 Å². The Hall–Kier alpha value is -1.78. The summed E-state index contributed by atoms with van der Waals surface area (Å²) in [5.74, 6) is 3.08. The van der Waals surface area contributed by atoms with Gasteiger partial charge in [0, 0.05) is 7.05 Å². The number of nitrogens with one attached hydrogen (secondary N) is 1. The number of hydrogen-bond donors (Lipinski definition) is 1. The van der Waals surface area contributed by atoms with Gasteiger partial charge in [-0.25, -0.2) is 0 Å². The van der Waals surface area contributed by atoms with Gasteiger partial charge in [0.1, 0.15) is 0 Å². The van der Waals surface area contributed by atoms with Gasteiger partial charge in [0.25, 0.3) is 0 Å². The van der Waals surface area contributed by atoms with Gasteiger partial charge in [-0.2, -0.15) is 0 Å². The lowest BCUT2D eigenvalue weighted by atomic mass is 10.4. The second-order valence-corrected chi connectivity index (χ2v) is 6.28. The zero-order chi connectivity index (χ0) is 14.5. The molecule has 5 nitrogen and oxygen atoms in total. The average molecular weight is 306 g/mol. The van der Waals surface area contributed by atoms with Crippen molar-refractivity contribution in [1.82, 2.24) is 20.1 Å². The van der Waals surface area contributed by atoms with Crippen LogP contribution < -0.4 is 5.32 Å². The monoisotopic (exact) mass is 306 g/mol. The molecule has 0 aliphatic heterocycles. The molecule has 0 aromatic carbocycles. The number of thioether (sulfide) groups is 1. The van der Waals surface area contributed by atoms with E-state index in [0.29, 0.717) is 5.16 Å². The van der Waals surface area contributed by atoms with Gasteiger partial charge in [-0.1, -0.05) is 23.7 Å². The Labute approximate surface area is 125 Å². The van der Waals surface area contributed by atoms with Crippen molar-refractivity contribution in [1.29, 1.82) is 0 Å². The topological polar surface area (TPSA) is 59.8 Å². The molecule has 2 aromatic heterocycles. The number of rotatable bonds is 5. The maximum absolute atomic E-state index is 11.8. The lowest BCUT2D eigenvalue weighted by Crippen LogP contribution is -2.31. The third kappa shape index (κ3) is 3.21. The first-order chi connectivity index (χ1) is 9.63. The van der Waals surface area contributed by atoms with Crippen molar-refractivity contribution in [3.05, 3.63) is 17.5 Å². The molecule has 2 heterocycles. The summed E-state index contributed by atoms with van der Waals surface area (Å²) in [7, 11) is 1.89. The summed E-state index contributed by atoms with van der Waals surface area (Å²) in [5.41, 5.74) is 0.